The monoisotopic (exact) mass is 515 g/mol. The number of amides is 2. The Hall–Kier alpha value is -3.39. The van der Waals surface area contributed by atoms with Gasteiger partial charge in [-0.3, -0.25) is 9.59 Å². The van der Waals surface area contributed by atoms with Crippen molar-refractivity contribution in [2.75, 3.05) is 12.4 Å². The third-order valence-electron chi connectivity index (χ3n) is 6.02. The summed E-state index contributed by atoms with van der Waals surface area (Å²) in [6, 6.07) is 8.71. The summed E-state index contributed by atoms with van der Waals surface area (Å²) in [5.41, 5.74) is 2.91. The number of aryl methyl sites for hydroxylation is 1. The van der Waals surface area contributed by atoms with Crippen molar-refractivity contribution in [3.05, 3.63) is 58.5 Å². The van der Waals surface area contributed by atoms with Gasteiger partial charge in [0.1, 0.15) is 23.4 Å². The lowest BCUT2D eigenvalue weighted by Gasteiger charge is -2.19. The average Bonchev–Trinajstić information content (AvgIpc) is 3.14. The minimum Gasteiger partial charge on any atom is -0.497 e. The number of carbonyl (C=O) groups excluding carboxylic acids is 3. The summed E-state index contributed by atoms with van der Waals surface area (Å²) < 4.78 is 18.8. The van der Waals surface area contributed by atoms with E-state index in [-0.39, 0.29) is 23.1 Å². The highest BCUT2D eigenvalue weighted by Gasteiger charge is 2.22. The number of H-pyrrole nitrogens is 1. The van der Waals surface area contributed by atoms with Crippen molar-refractivity contribution in [1.82, 2.24) is 10.3 Å². The van der Waals surface area contributed by atoms with E-state index in [0.717, 1.165) is 35.0 Å². The van der Waals surface area contributed by atoms with Gasteiger partial charge in [-0.05, 0) is 68.7 Å². The molecule has 2 amide bonds. The molecule has 3 aromatic rings. The SMILES string of the molecule is COc1ccc2[nH]c(C)c(CC(=O)N[C@@H](CCCCCC(C)=O)C(=O)Nc3ccc(F)c(Cl)c3)c2c1. The Bertz CT molecular complexity index is 1260. The van der Waals surface area contributed by atoms with Gasteiger partial charge >= 0.3 is 0 Å². The Morgan fingerprint density at radius 1 is 1.11 bits per heavy atom. The van der Waals surface area contributed by atoms with E-state index in [4.69, 9.17) is 16.3 Å². The highest BCUT2D eigenvalue weighted by molar-refractivity contribution is 6.31. The Morgan fingerprint density at radius 2 is 1.89 bits per heavy atom. The number of fused-ring (bicyclic) bond motifs is 1. The zero-order valence-electron chi connectivity index (χ0n) is 20.7. The third-order valence-corrected chi connectivity index (χ3v) is 6.31. The first-order valence-corrected chi connectivity index (χ1v) is 12.3. The number of benzene rings is 2. The average molecular weight is 516 g/mol. The number of nitrogens with one attached hydrogen (secondary N) is 3. The molecule has 1 atom stereocenters. The van der Waals surface area contributed by atoms with Gasteiger partial charge in [-0.2, -0.15) is 0 Å². The molecular formula is C27H31ClFN3O4. The summed E-state index contributed by atoms with van der Waals surface area (Å²) in [6.45, 7) is 3.44. The van der Waals surface area contributed by atoms with Gasteiger partial charge in [0.25, 0.3) is 0 Å². The number of aromatic nitrogens is 1. The molecule has 0 fully saturated rings. The molecule has 36 heavy (non-hydrogen) atoms. The van der Waals surface area contributed by atoms with E-state index in [0.29, 0.717) is 30.7 Å². The van der Waals surface area contributed by atoms with E-state index in [1.165, 1.54) is 18.2 Å². The van der Waals surface area contributed by atoms with Crippen LogP contribution >= 0.6 is 11.6 Å². The number of ketones is 1. The van der Waals surface area contributed by atoms with Crippen LogP contribution < -0.4 is 15.4 Å². The minimum absolute atomic E-state index is 0.0789. The van der Waals surface area contributed by atoms with Gasteiger partial charge < -0.3 is 25.1 Å². The van der Waals surface area contributed by atoms with Gasteiger partial charge in [-0.1, -0.05) is 24.4 Å². The smallest absolute Gasteiger partial charge is 0.246 e. The van der Waals surface area contributed by atoms with Crippen molar-refractivity contribution in [2.24, 2.45) is 0 Å². The molecule has 7 nitrogen and oxygen atoms in total. The summed E-state index contributed by atoms with van der Waals surface area (Å²) in [4.78, 5) is 40.6. The van der Waals surface area contributed by atoms with Gasteiger partial charge in [-0.25, -0.2) is 4.39 Å². The molecule has 9 heteroatoms. The molecule has 2 aromatic carbocycles. The van der Waals surface area contributed by atoms with Gasteiger partial charge in [0.2, 0.25) is 11.8 Å². The molecule has 0 saturated carbocycles. The van der Waals surface area contributed by atoms with E-state index in [1.54, 1.807) is 14.0 Å². The summed E-state index contributed by atoms with van der Waals surface area (Å²) in [6.07, 6.45) is 3.09. The zero-order valence-corrected chi connectivity index (χ0v) is 21.4. The van der Waals surface area contributed by atoms with Crippen molar-refractivity contribution < 1.29 is 23.5 Å². The van der Waals surface area contributed by atoms with Crippen LogP contribution in [0.4, 0.5) is 10.1 Å². The maximum atomic E-state index is 13.5. The highest BCUT2D eigenvalue weighted by atomic mass is 35.5. The number of carbonyl (C=O) groups is 3. The molecule has 192 valence electrons. The van der Waals surface area contributed by atoms with Crippen LogP contribution in [0.5, 0.6) is 5.75 Å². The standard InChI is InChI=1S/C27H31ClFN3O4/c1-16(33)7-5-4-6-8-25(27(35)31-18-9-11-23(29)22(28)13-18)32-26(34)15-20-17(2)30-24-12-10-19(36-3)14-21(20)24/h9-14,25,30H,4-8,15H2,1-3H3,(H,31,35)(H,32,34)/t25-/m0/s1. The second-order valence-electron chi connectivity index (χ2n) is 8.86. The lowest BCUT2D eigenvalue weighted by molar-refractivity contribution is -0.126. The quantitative estimate of drug-likeness (QED) is 0.278. The van der Waals surface area contributed by atoms with Gasteiger partial charge in [0.05, 0.1) is 18.6 Å². The summed E-state index contributed by atoms with van der Waals surface area (Å²) >= 11 is 5.83. The van der Waals surface area contributed by atoms with Crippen molar-refractivity contribution in [1.29, 1.82) is 0 Å². The molecule has 0 bridgehead atoms. The van der Waals surface area contributed by atoms with E-state index >= 15 is 0 Å². The van der Waals surface area contributed by atoms with Crippen molar-refractivity contribution in [2.45, 2.75) is 58.4 Å². The number of halogens is 2. The largest absolute Gasteiger partial charge is 0.497 e. The molecule has 0 aliphatic carbocycles. The molecule has 3 rings (SSSR count). The lowest BCUT2D eigenvalue weighted by atomic mass is 10.0. The van der Waals surface area contributed by atoms with Crippen molar-refractivity contribution >= 4 is 45.8 Å². The van der Waals surface area contributed by atoms with Gasteiger partial charge in [0.15, 0.2) is 0 Å². The molecular weight excluding hydrogens is 485 g/mol. The lowest BCUT2D eigenvalue weighted by Crippen LogP contribution is -2.44. The zero-order chi connectivity index (χ0) is 26.2. The van der Waals surface area contributed by atoms with Crippen LogP contribution in [0.3, 0.4) is 0 Å². The summed E-state index contributed by atoms with van der Waals surface area (Å²) in [7, 11) is 1.58. The predicted molar refractivity (Wildman–Crippen MR) is 139 cm³/mol. The molecule has 0 unspecified atom stereocenters. The molecule has 0 aliphatic rings. The van der Waals surface area contributed by atoms with Crippen LogP contribution in [0.25, 0.3) is 10.9 Å². The fourth-order valence-electron chi connectivity index (χ4n) is 4.09. The number of unbranched alkanes of at least 4 members (excludes halogenated alkanes) is 2. The molecule has 0 spiro atoms. The number of hydrogen-bond acceptors (Lipinski definition) is 4. The van der Waals surface area contributed by atoms with Gasteiger partial charge in [-0.15, -0.1) is 0 Å². The van der Waals surface area contributed by atoms with Crippen LogP contribution in [0.15, 0.2) is 36.4 Å². The number of hydrogen-bond donors (Lipinski definition) is 3. The van der Waals surface area contributed by atoms with Gasteiger partial charge in [0, 0.05) is 28.7 Å². The van der Waals surface area contributed by atoms with E-state index in [2.05, 4.69) is 15.6 Å². The van der Waals surface area contributed by atoms with Crippen molar-refractivity contribution in [3.8, 4) is 5.75 Å². The number of ether oxygens (including phenoxy) is 1. The molecule has 0 radical (unpaired) electrons. The first kappa shape index (κ1) is 27.2. The van der Waals surface area contributed by atoms with Crippen molar-refractivity contribution in [3.63, 3.8) is 0 Å². The molecule has 0 aliphatic heterocycles. The normalized spacial score (nSPS) is 11.8. The number of Topliss-reactive ketones (excluding diaryl/α,β-unsaturated/α-hetero) is 1. The fraction of sp³-hybridized carbons (Fsp3) is 0.370. The third kappa shape index (κ3) is 7.31. The highest BCUT2D eigenvalue weighted by Crippen LogP contribution is 2.27. The number of methoxy groups -OCH3 is 1. The van der Waals surface area contributed by atoms with Crippen LogP contribution in [0.1, 0.15) is 50.3 Å². The number of rotatable bonds is 12. The maximum absolute atomic E-state index is 13.5. The first-order chi connectivity index (χ1) is 17.2. The second kappa shape index (κ2) is 12.5. The Balaban J connectivity index is 1.72. The van der Waals surface area contributed by atoms with Crippen LogP contribution in [0, 0.1) is 12.7 Å². The number of anilines is 1. The molecule has 1 aromatic heterocycles. The first-order valence-electron chi connectivity index (χ1n) is 11.9. The van der Waals surface area contributed by atoms with E-state index in [1.807, 2.05) is 25.1 Å². The fourth-order valence-corrected chi connectivity index (χ4v) is 4.27. The summed E-state index contributed by atoms with van der Waals surface area (Å²) in [5.74, 6) is -0.506. The Labute approximate surface area is 214 Å². The van der Waals surface area contributed by atoms with E-state index in [9.17, 15) is 18.8 Å². The van der Waals surface area contributed by atoms with Crippen LogP contribution in [-0.2, 0) is 20.8 Å². The Morgan fingerprint density at radius 3 is 2.58 bits per heavy atom. The van der Waals surface area contributed by atoms with E-state index < -0.39 is 17.8 Å². The van der Waals surface area contributed by atoms with Crippen LogP contribution in [-0.4, -0.2) is 35.7 Å². The second-order valence-corrected chi connectivity index (χ2v) is 9.26. The Kier molecular flexibility index (Phi) is 9.47. The van der Waals surface area contributed by atoms with Crippen LogP contribution in [0.2, 0.25) is 5.02 Å². The maximum Gasteiger partial charge on any atom is 0.246 e. The summed E-state index contributed by atoms with van der Waals surface area (Å²) in [5, 5.41) is 6.33. The molecule has 3 N–H and O–H groups in total. The topological polar surface area (TPSA) is 100 Å². The minimum atomic E-state index is -0.807. The number of aromatic amines is 1. The molecule has 1 heterocycles. The molecule has 0 saturated heterocycles. The predicted octanol–water partition coefficient (Wildman–Crippen LogP) is 5.48.